The first-order valence-corrected chi connectivity index (χ1v) is 7.70. The van der Waals surface area contributed by atoms with Gasteiger partial charge in [0.2, 0.25) is 5.95 Å². The van der Waals surface area contributed by atoms with Crippen molar-refractivity contribution in [2.75, 3.05) is 5.32 Å². The fraction of sp³-hybridized carbons (Fsp3) is 0. The van der Waals surface area contributed by atoms with E-state index in [1.165, 1.54) is 21.9 Å². The van der Waals surface area contributed by atoms with Gasteiger partial charge in [0.1, 0.15) is 11.3 Å². The molecule has 0 aromatic carbocycles. The Labute approximate surface area is 138 Å². The molecule has 1 amide bonds. The van der Waals surface area contributed by atoms with Gasteiger partial charge >= 0.3 is 0 Å². The molecule has 0 fully saturated rings. The van der Waals surface area contributed by atoms with E-state index in [0.717, 1.165) is 0 Å². The number of H-pyrrole nitrogens is 1. The molecule has 0 aliphatic rings. The predicted molar refractivity (Wildman–Crippen MR) is 86.9 cm³/mol. The summed E-state index contributed by atoms with van der Waals surface area (Å²) in [6.07, 6.45) is 4.44. The molecule has 24 heavy (non-hydrogen) atoms. The van der Waals surface area contributed by atoms with E-state index in [2.05, 4.69) is 30.5 Å². The molecule has 0 bridgehead atoms. The lowest BCUT2D eigenvalue weighted by Gasteiger charge is -2.00. The van der Waals surface area contributed by atoms with Gasteiger partial charge in [-0.3, -0.25) is 29.4 Å². The molecule has 4 aromatic heterocycles. The zero-order valence-corrected chi connectivity index (χ0v) is 12.8. The minimum Gasteiger partial charge on any atom is -0.289 e. The highest BCUT2D eigenvalue weighted by Crippen LogP contribution is 2.12. The minimum atomic E-state index is -0.625. The third-order valence-electron chi connectivity index (χ3n) is 3.21. The number of amides is 1. The average molecular weight is 339 g/mol. The highest BCUT2D eigenvalue weighted by molar-refractivity contribution is 7.15. The number of nitrogens with zero attached hydrogens (tertiary/aromatic N) is 5. The van der Waals surface area contributed by atoms with Crippen molar-refractivity contribution in [3.05, 3.63) is 58.1 Å². The van der Waals surface area contributed by atoms with Gasteiger partial charge in [0.15, 0.2) is 10.8 Å². The van der Waals surface area contributed by atoms with E-state index in [9.17, 15) is 9.59 Å². The molecule has 0 saturated heterocycles. The van der Waals surface area contributed by atoms with Gasteiger partial charge in [-0.25, -0.2) is 4.98 Å². The van der Waals surface area contributed by atoms with Crippen molar-refractivity contribution in [1.82, 2.24) is 29.5 Å². The number of nitrogens with one attached hydrogen (secondary N) is 2. The van der Waals surface area contributed by atoms with Crippen molar-refractivity contribution >= 4 is 28.2 Å². The predicted octanol–water partition coefficient (Wildman–Crippen LogP) is 1.19. The smallest absolute Gasteiger partial charge is 0.271 e. The Kier molecular flexibility index (Phi) is 3.35. The van der Waals surface area contributed by atoms with Crippen LogP contribution in [0.1, 0.15) is 10.4 Å². The molecule has 4 aromatic rings. The van der Waals surface area contributed by atoms with E-state index in [-0.39, 0.29) is 11.5 Å². The fourth-order valence-corrected chi connectivity index (χ4v) is 2.76. The summed E-state index contributed by atoms with van der Waals surface area (Å²) in [5, 5.41) is 10.8. The quantitative estimate of drug-likeness (QED) is 0.579. The molecule has 4 rings (SSSR count). The summed E-state index contributed by atoms with van der Waals surface area (Å²) in [5.41, 5.74) is 0.0567. The largest absolute Gasteiger partial charge is 0.289 e. The Morgan fingerprint density at radius 3 is 3.04 bits per heavy atom. The lowest BCUT2D eigenvalue weighted by Crippen LogP contribution is -2.26. The number of hydrogen-bond donors (Lipinski definition) is 2. The van der Waals surface area contributed by atoms with E-state index in [1.807, 2.05) is 6.07 Å². The first-order chi connectivity index (χ1) is 11.7. The monoisotopic (exact) mass is 339 g/mol. The summed E-state index contributed by atoms with van der Waals surface area (Å²) < 4.78 is 1.32. The summed E-state index contributed by atoms with van der Waals surface area (Å²) in [4.78, 5) is 37.4. The number of anilines is 1. The highest BCUT2D eigenvalue weighted by atomic mass is 32.1. The Balaban J connectivity index is 1.61. The van der Waals surface area contributed by atoms with Gasteiger partial charge in [-0.2, -0.15) is 4.98 Å². The normalized spacial score (nSPS) is 10.8. The first kappa shape index (κ1) is 14.2. The topological polar surface area (TPSA) is 118 Å². The molecular weight excluding hydrogens is 330 g/mol. The highest BCUT2D eigenvalue weighted by Gasteiger charge is 2.16. The van der Waals surface area contributed by atoms with Crippen LogP contribution in [0.2, 0.25) is 0 Å². The molecule has 0 aliphatic heterocycles. The van der Waals surface area contributed by atoms with Crippen LogP contribution in [-0.4, -0.2) is 35.5 Å². The van der Waals surface area contributed by atoms with Gasteiger partial charge in [-0.1, -0.05) is 6.07 Å². The molecule has 4 heterocycles. The number of rotatable bonds is 3. The number of hydrogen-bond acceptors (Lipinski definition) is 7. The van der Waals surface area contributed by atoms with E-state index in [4.69, 9.17) is 0 Å². The maximum atomic E-state index is 12.3. The molecule has 0 radical (unpaired) electrons. The number of pyridine rings is 1. The standard InChI is InChI=1S/C14H9N7O2S/c22-11(8-7-16-14-21(12(8)23)5-6-24-14)18-13-17-10(19-20-13)9-3-1-2-4-15-9/h1-7H,(H2,17,18,19,20,22). The van der Waals surface area contributed by atoms with Crippen molar-refractivity contribution in [3.63, 3.8) is 0 Å². The van der Waals surface area contributed by atoms with E-state index < -0.39 is 11.5 Å². The van der Waals surface area contributed by atoms with Crippen LogP contribution >= 0.6 is 11.3 Å². The molecule has 118 valence electrons. The third kappa shape index (κ3) is 2.44. The van der Waals surface area contributed by atoms with Crippen molar-refractivity contribution in [1.29, 1.82) is 0 Å². The molecule has 10 heteroatoms. The molecular formula is C14H9N7O2S. The van der Waals surface area contributed by atoms with Gasteiger partial charge in [0, 0.05) is 24.0 Å². The third-order valence-corrected chi connectivity index (χ3v) is 3.98. The molecule has 0 saturated carbocycles. The summed E-state index contributed by atoms with van der Waals surface area (Å²) in [5.74, 6) is -0.163. The molecule has 0 spiro atoms. The average Bonchev–Trinajstić information content (AvgIpc) is 3.25. The first-order valence-electron chi connectivity index (χ1n) is 6.82. The summed E-state index contributed by atoms with van der Waals surface area (Å²) in [7, 11) is 0. The molecule has 9 nitrogen and oxygen atoms in total. The van der Waals surface area contributed by atoms with E-state index in [1.54, 1.807) is 29.9 Å². The Hall–Kier alpha value is -3.40. The van der Waals surface area contributed by atoms with Crippen LogP contribution in [-0.2, 0) is 0 Å². The zero-order valence-electron chi connectivity index (χ0n) is 12.0. The van der Waals surface area contributed by atoms with E-state index >= 15 is 0 Å². The van der Waals surface area contributed by atoms with Gasteiger partial charge in [-0.05, 0) is 12.1 Å². The SMILES string of the molecule is O=C(Nc1n[nH]c(-c2ccccn2)n1)c1cnc2sccn2c1=O. The fourth-order valence-electron chi connectivity index (χ4n) is 2.08. The van der Waals surface area contributed by atoms with Crippen LogP contribution in [0.5, 0.6) is 0 Å². The van der Waals surface area contributed by atoms with Crippen LogP contribution in [0.3, 0.4) is 0 Å². The van der Waals surface area contributed by atoms with Gasteiger partial charge < -0.3 is 0 Å². The Bertz CT molecular complexity index is 1080. The van der Waals surface area contributed by atoms with Gasteiger partial charge in [-0.15, -0.1) is 16.4 Å². The Morgan fingerprint density at radius 1 is 1.29 bits per heavy atom. The molecule has 0 unspecified atom stereocenters. The minimum absolute atomic E-state index is 0.0514. The van der Waals surface area contributed by atoms with Gasteiger partial charge in [0.25, 0.3) is 11.5 Å². The van der Waals surface area contributed by atoms with Crippen molar-refractivity contribution in [3.8, 4) is 11.5 Å². The summed E-state index contributed by atoms with van der Waals surface area (Å²) in [6, 6.07) is 5.35. The van der Waals surface area contributed by atoms with Crippen LogP contribution in [0, 0.1) is 0 Å². The van der Waals surface area contributed by atoms with Crippen molar-refractivity contribution in [2.24, 2.45) is 0 Å². The molecule has 2 N–H and O–H groups in total. The lowest BCUT2D eigenvalue weighted by molar-refractivity contribution is 0.102. The summed E-state index contributed by atoms with van der Waals surface area (Å²) >= 11 is 1.31. The zero-order chi connectivity index (χ0) is 16.5. The maximum absolute atomic E-state index is 12.3. The second-order valence-corrected chi connectivity index (χ2v) is 5.58. The second kappa shape index (κ2) is 5.66. The second-order valence-electron chi connectivity index (χ2n) is 4.71. The van der Waals surface area contributed by atoms with Crippen molar-refractivity contribution in [2.45, 2.75) is 0 Å². The van der Waals surface area contributed by atoms with Crippen molar-refractivity contribution < 1.29 is 4.79 Å². The Morgan fingerprint density at radius 2 is 2.21 bits per heavy atom. The van der Waals surface area contributed by atoms with Crippen LogP contribution in [0.15, 0.2) is 47.0 Å². The number of aromatic nitrogens is 6. The van der Waals surface area contributed by atoms with Crippen LogP contribution in [0.25, 0.3) is 16.5 Å². The summed E-state index contributed by atoms with van der Waals surface area (Å²) in [6.45, 7) is 0. The maximum Gasteiger partial charge on any atom is 0.271 e. The van der Waals surface area contributed by atoms with Gasteiger partial charge in [0.05, 0.1) is 0 Å². The number of carbonyl (C=O) groups excluding carboxylic acids is 1. The lowest BCUT2D eigenvalue weighted by atomic mass is 10.3. The van der Waals surface area contributed by atoms with Crippen LogP contribution < -0.4 is 10.9 Å². The number of aromatic amines is 1. The molecule has 0 atom stereocenters. The molecule has 0 aliphatic carbocycles. The number of fused-ring (bicyclic) bond motifs is 1. The van der Waals surface area contributed by atoms with E-state index in [0.29, 0.717) is 16.5 Å². The number of thiazole rings is 1. The van der Waals surface area contributed by atoms with Crippen LogP contribution in [0.4, 0.5) is 5.95 Å². The number of carbonyl (C=O) groups is 1.